The number of carbonyl (C=O) groups is 1. The minimum atomic E-state index is -5.08. The molecule has 0 saturated carbocycles. The summed E-state index contributed by atoms with van der Waals surface area (Å²) >= 11 is 12.2. The van der Waals surface area contributed by atoms with Gasteiger partial charge in [0.2, 0.25) is 5.95 Å². The van der Waals surface area contributed by atoms with Gasteiger partial charge < -0.3 is 21.5 Å². The van der Waals surface area contributed by atoms with Gasteiger partial charge in [-0.1, -0.05) is 23.2 Å². The molecule has 18 heteroatoms. The summed E-state index contributed by atoms with van der Waals surface area (Å²) < 4.78 is 72.8. The van der Waals surface area contributed by atoms with Gasteiger partial charge in [0.25, 0.3) is 0 Å². The molecule has 0 aliphatic heterocycles. The van der Waals surface area contributed by atoms with Crippen LogP contribution in [0.15, 0.2) is 42.7 Å². The lowest BCUT2D eigenvalue weighted by Gasteiger charge is -2.12. The minimum absolute atomic E-state index is 0.0420. The summed E-state index contributed by atoms with van der Waals surface area (Å²) in [5.74, 6) is -2.18. The third-order valence-corrected chi connectivity index (χ3v) is 5.51. The normalized spacial score (nSPS) is 11.4. The zero-order valence-electron chi connectivity index (χ0n) is 20.1. The molecule has 0 unspecified atom stereocenters. The molecule has 0 spiro atoms. The maximum absolute atomic E-state index is 13.3. The van der Waals surface area contributed by atoms with E-state index in [0.717, 1.165) is 6.20 Å². The predicted molar refractivity (Wildman–Crippen MR) is 137 cm³/mol. The second kappa shape index (κ2) is 12.4. The first-order valence-corrected chi connectivity index (χ1v) is 11.7. The maximum atomic E-state index is 13.3. The molecule has 3 aromatic heterocycles. The maximum Gasteiger partial charge on any atom is 0.490 e. The van der Waals surface area contributed by atoms with Gasteiger partial charge in [0.1, 0.15) is 17.5 Å². The summed E-state index contributed by atoms with van der Waals surface area (Å²) in [4.78, 5) is 21.1. The van der Waals surface area contributed by atoms with E-state index in [4.69, 9.17) is 44.1 Å². The van der Waals surface area contributed by atoms with Crippen LogP contribution in [0.5, 0.6) is 0 Å². The first-order valence-electron chi connectivity index (χ1n) is 11.0. The number of alkyl halides is 6. The number of rotatable bonds is 6. The minimum Gasteiger partial charge on any atom is -0.475 e. The predicted octanol–water partition coefficient (Wildman–Crippen LogP) is 5.73. The Labute approximate surface area is 236 Å². The Morgan fingerprint density at radius 1 is 1.07 bits per heavy atom. The Kier molecular flexibility index (Phi) is 9.35. The zero-order valence-corrected chi connectivity index (χ0v) is 21.7. The number of hydrogen-bond acceptors (Lipinski definition) is 8. The highest BCUT2D eigenvalue weighted by Gasteiger charge is 2.38. The molecule has 0 aliphatic rings. The van der Waals surface area contributed by atoms with Crippen molar-refractivity contribution in [1.82, 2.24) is 19.4 Å². The van der Waals surface area contributed by atoms with Crippen LogP contribution in [-0.2, 0) is 11.0 Å². The molecular weight excluding hydrogens is 605 g/mol. The number of hydrogen-bond donors (Lipinski definition) is 4. The highest BCUT2D eigenvalue weighted by molar-refractivity contribution is 6.36. The van der Waals surface area contributed by atoms with E-state index < -0.39 is 24.0 Å². The highest BCUT2D eigenvalue weighted by atomic mass is 35.5. The number of pyridine rings is 1. The quantitative estimate of drug-likeness (QED) is 0.156. The second-order valence-electron chi connectivity index (χ2n) is 7.87. The molecule has 3 heterocycles. The number of aliphatic carboxylic acids is 1. The van der Waals surface area contributed by atoms with Crippen molar-refractivity contribution < 1.29 is 36.2 Å². The van der Waals surface area contributed by atoms with Crippen molar-refractivity contribution >= 4 is 52.3 Å². The fourth-order valence-electron chi connectivity index (χ4n) is 3.11. The summed E-state index contributed by atoms with van der Waals surface area (Å²) in [7, 11) is 0. The molecule has 216 valence electrons. The Bertz CT molecular complexity index is 1620. The van der Waals surface area contributed by atoms with Crippen molar-refractivity contribution in [1.29, 1.82) is 5.26 Å². The van der Waals surface area contributed by atoms with Gasteiger partial charge in [0, 0.05) is 48.2 Å². The molecule has 0 fully saturated rings. The number of nitrogens with zero attached hydrogens (tertiary/aromatic N) is 5. The van der Waals surface area contributed by atoms with Gasteiger partial charge in [-0.25, -0.2) is 19.7 Å². The molecule has 0 atom stereocenters. The van der Waals surface area contributed by atoms with E-state index in [-0.39, 0.29) is 29.4 Å². The molecule has 4 aromatic rings. The van der Waals surface area contributed by atoms with Crippen molar-refractivity contribution in [3.8, 4) is 17.3 Å². The molecule has 10 nitrogen and oxygen atoms in total. The van der Waals surface area contributed by atoms with Gasteiger partial charge in [-0.05, 0) is 18.2 Å². The summed E-state index contributed by atoms with van der Waals surface area (Å²) in [6.45, 7) is 0.593. The number of benzene rings is 1. The van der Waals surface area contributed by atoms with Crippen molar-refractivity contribution in [3.05, 3.63) is 64.0 Å². The van der Waals surface area contributed by atoms with E-state index in [2.05, 4.69) is 25.6 Å². The number of aromatic nitrogens is 4. The van der Waals surface area contributed by atoms with E-state index in [1.807, 2.05) is 6.07 Å². The molecule has 0 aliphatic carbocycles. The number of nitrogen functional groups attached to an aromatic ring is 1. The van der Waals surface area contributed by atoms with Crippen molar-refractivity contribution in [2.24, 2.45) is 0 Å². The molecule has 5 N–H and O–H groups in total. The number of anilines is 3. The van der Waals surface area contributed by atoms with Crippen LogP contribution >= 0.6 is 23.2 Å². The fourth-order valence-corrected chi connectivity index (χ4v) is 3.62. The van der Waals surface area contributed by atoms with E-state index in [1.54, 1.807) is 12.1 Å². The number of fused-ring (bicyclic) bond motifs is 1. The average Bonchev–Trinajstić information content (AvgIpc) is 3.32. The second-order valence-corrected chi connectivity index (χ2v) is 8.71. The van der Waals surface area contributed by atoms with Crippen molar-refractivity contribution in [2.75, 3.05) is 29.5 Å². The lowest BCUT2D eigenvalue weighted by Crippen LogP contribution is -2.21. The van der Waals surface area contributed by atoms with Crippen LogP contribution in [-0.4, -0.2) is 49.7 Å². The van der Waals surface area contributed by atoms with E-state index in [9.17, 15) is 26.3 Å². The SMILES string of the molecule is N#Cc1cnc(NCCNc2nc(-c3ccc(Cl)cc3Cl)cc3nc(C(F)(F)F)cn23)cc1N.O=C(O)C(F)(F)F. The van der Waals surface area contributed by atoms with Crippen LogP contribution in [0.1, 0.15) is 11.3 Å². The number of nitriles is 1. The lowest BCUT2D eigenvalue weighted by atomic mass is 10.1. The highest BCUT2D eigenvalue weighted by Crippen LogP contribution is 2.33. The number of halogens is 8. The van der Waals surface area contributed by atoms with Gasteiger partial charge in [0.15, 0.2) is 5.69 Å². The average molecular weight is 621 g/mol. The molecule has 0 amide bonds. The summed E-state index contributed by atoms with van der Waals surface area (Å²) in [6.07, 6.45) is -7.49. The lowest BCUT2D eigenvalue weighted by molar-refractivity contribution is -0.192. The van der Waals surface area contributed by atoms with Crippen LogP contribution in [0.3, 0.4) is 0 Å². The zero-order chi connectivity index (χ0) is 30.5. The third kappa shape index (κ3) is 8.02. The standard InChI is InChI=1S/C21H15Cl2F3N8.C2HF3O2/c22-12-1-2-13(14(23)5-12)16-7-19-33-17(21(24,25)26)10-34(19)20(32-16)30-4-3-29-18-6-15(28)11(8-27)9-31-18;3-2(4,5)1(6)7/h1-2,5-7,9-10H,3-4H2,(H,30,32)(H3,28,29,31);(H,6,7). The Balaban J connectivity index is 0.000000587. The van der Waals surface area contributed by atoms with Gasteiger partial charge in [-0.3, -0.25) is 4.40 Å². The smallest absolute Gasteiger partial charge is 0.475 e. The van der Waals surface area contributed by atoms with Crippen LogP contribution < -0.4 is 16.4 Å². The van der Waals surface area contributed by atoms with Crippen LogP contribution in [0, 0.1) is 11.3 Å². The van der Waals surface area contributed by atoms with Gasteiger partial charge in [0.05, 0.1) is 22.0 Å². The molecule has 41 heavy (non-hydrogen) atoms. The Morgan fingerprint density at radius 2 is 1.73 bits per heavy atom. The van der Waals surface area contributed by atoms with Crippen LogP contribution in [0.25, 0.3) is 16.9 Å². The molecule has 0 bridgehead atoms. The Morgan fingerprint density at radius 3 is 2.29 bits per heavy atom. The number of carboxylic acids is 1. The largest absolute Gasteiger partial charge is 0.490 e. The molecule has 1 aromatic carbocycles. The van der Waals surface area contributed by atoms with Crippen LogP contribution in [0.4, 0.5) is 43.8 Å². The van der Waals surface area contributed by atoms with Crippen molar-refractivity contribution in [3.63, 3.8) is 0 Å². The first kappa shape index (κ1) is 31.0. The van der Waals surface area contributed by atoms with Crippen LogP contribution in [0.2, 0.25) is 10.0 Å². The molecule has 4 rings (SSSR count). The van der Waals surface area contributed by atoms with Gasteiger partial charge in [-0.15, -0.1) is 0 Å². The summed E-state index contributed by atoms with van der Waals surface area (Å²) in [5, 5.41) is 22.8. The number of imidazole rings is 1. The topological polar surface area (TPSA) is 154 Å². The molecular formula is C23H16Cl2F6N8O2. The molecule has 0 saturated heterocycles. The van der Waals surface area contributed by atoms with E-state index >= 15 is 0 Å². The molecule has 0 radical (unpaired) electrons. The monoisotopic (exact) mass is 620 g/mol. The summed E-state index contributed by atoms with van der Waals surface area (Å²) in [6, 6.07) is 9.61. The third-order valence-electron chi connectivity index (χ3n) is 4.96. The number of carboxylic acid groups (broad SMARTS) is 1. The first-order chi connectivity index (χ1) is 19.1. The summed E-state index contributed by atoms with van der Waals surface area (Å²) in [5.41, 5.74) is 6.12. The van der Waals surface area contributed by atoms with Gasteiger partial charge in [-0.2, -0.15) is 31.6 Å². The Hall–Kier alpha value is -4.49. The van der Waals surface area contributed by atoms with Gasteiger partial charge >= 0.3 is 18.3 Å². The van der Waals surface area contributed by atoms with E-state index in [0.29, 0.717) is 33.7 Å². The van der Waals surface area contributed by atoms with E-state index in [1.165, 1.54) is 28.8 Å². The van der Waals surface area contributed by atoms with Crippen molar-refractivity contribution in [2.45, 2.75) is 12.4 Å². The number of nitrogens with two attached hydrogens (primary N) is 1. The fraction of sp³-hybridized carbons (Fsp3) is 0.174. The number of nitrogens with one attached hydrogen (secondary N) is 2.